The molecule has 1 spiro atoms. The number of nitrogens with zero attached hydrogens (tertiary/aromatic N) is 2. The van der Waals surface area contributed by atoms with Crippen LogP contribution in [0.1, 0.15) is 59.1 Å². The van der Waals surface area contributed by atoms with E-state index in [0.717, 1.165) is 37.1 Å². The minimum absolute atomic E-state index is 0.0394. The van der Waals surface area contributed by atoms with Crippen molar-refractivity contribution in [1.82, 2.24) is 9.80 Å². The number of piperidine rings is 1. The van der Waals surface area contributed by atoms with Crippen molar-refractivity contribution < 1.29 is 14.0 Å². The Labute approximate surface area is 176 Å². The maximum atomic E-state index is 13.0. The van der Waals surface area contributed by atoms with Gasteiger partial charge in [0, 0.05) is 31.0 Å². The third kappa shape index (κ3) is 4.08. The molecule has 3 heterocycles. The molecule has 2 aromatic rings. The number of carbonyl (C=O) groups excluding carboxylic acids is 2. The SMILES string of the molecule is CCCCc1ccc(C(=O)N2CCC3(CC2)SCCN3C(=O)c2ccco2)cc1. The van der Waals surface area contributed by atoms with Crippen LogP contribution in [0.25, 0.3) is 0 Å². The topological polar surface area (TPSA) is 53.8 Å². The van der Waals surface area contributed by atoms with E-state index < -0.39 is 0 Å². The number of thioether (sulfide) groups is 1. The van der Waals surface area contributed by atoms with Crippen molar-refractivity contribution in [3.05, 3.63) is 59.5 Å². The van der Waals surface area contributed by atoms with Gasteiger partial charge in [-0.05, 0) is 55.5 Å². The normalized spacial score (nSPS) is 18.4. The Morgan fingerprint density at radius 3 is 2.48 bits per heavy atom. The molecule has 2 aliphatic heterocycles. The highest BCUT2D eigenvalue weighted by atomic mass is 32.2. The summed E-state index contributed by atoms with van der Waals surface area (Å²) in [6, 6.07) is 11.5. The molecule has 1 aromatic heterocycles. The molecule has 2 saturated heterocycles. The van der Waals surface area contributed by atoms with Crippen molar-refractivity contribution in [2.75, 3.05) is 25.4 Å². The second-order valence-corrected chi connectivity index (χ2v) is 9.28. The lowest BCUT2D eigenvalue weighted by Crippen LogP contribution is -2.53. The van der Waals surface area contributed by atoms with Crippen molar-refractivity contribution in [1.29, 1.82) is 0 Å². The first-order valence-electron chi connectivity index (χ1n) is 10.5. The minimum atomic E-state index is -0.218. The van der Waals surface area contributed by atoms with Gasteiger partial charge in [0.25, 0.3) is 11.8 Å². The van der Waals surface area contributed by atoms with E-state index in [2.05, 4.69) is 19.1 Å². The van der Waals surface area contributed by atoms with Crippen molar-refractivity contribution >= 4 is 23.6 Å². The summed E-state index contributed by atoms with van der Waals surface area (Å²) in [7, 11) is 0. The molecule has 2 fully saturated rings. The number of aryl methyl sites for hydroxylation is 1. The van der Waals surface area contributed by atoms with Crippen LogP contribution in [0.15, 0.2) is 47.1 Å². The summed E-state index contributed by atoms with van der Waals surface area (Å²) >= 11 is 1.84. The van der Waals surface area contributed by atoms with Gasteiger partial charge in [0.15, 0.2) is 5.76 Å². The standard InChI is InChI=1S/C23H28N2O3S/c1-2-3-5-18-7-9-19(10-8-18)21(26)24-13-11-23(12-14-24)25(15-17-29-23)22(27)20-6-4-16-28-20/h4,6-10,16H,2-3,5,11-15,17H2,1H3. The molecule has 5 nitrogen and oxygen atoms in total. The van der Waals surface area contributed by atoms with Crippen LogP contribution in [0, 0.1) is 0 Å². The molecule has 2 amide bonds. The Kier molecular flexibility index (Phi) is 5.99. The van der Waals surface area contributed by atoms with E-state index in [1.165, 1.54) is 24.7 Å². The quantitative estimate of drug-likeness (QED) is 0.728. The van der Waals surface area contributed by atoms with Crippen LogP contribution in [0.2, 0.25) is 0 Å². The number of unbranched alkanes of at least 4 members (excludes halogenated alkanes) is 1. The smallest absolute Gasteiger partial charge is 0.290 e. The van der Waals surface area contributed by atoms with Gasteiger partial charge in [0.2, 0.25) is 0 Å². The van der Waals surface area contributed by atoms with E-state index in [4.69, 9.17) is 4.42 Å². The number of hydrogen-bond donors (Lipinski definition) is 0. The Balaban J connectivity index is 1.39. The number of likely N-dealkylation sites (tertiary alicyclic amines) is 1. The van der Waals surface area contributed by atoms with E-state index >= 15 is 0 Å². The van der Waals surface area contributed by atoms with Crippen LogP contribution in [-0.2, 0) is 6.42 Å². The molecule has 0 aliphatic carbocycles. The summed E-state index contributed by atoms with van der Waals surface area (Å²) in [6.45, 7) is 4.26. The zero-order valence-corrected chi connectivity index (χ0v) is 17.7. The lowest BCUT2D eigenvalue weighted by molar-refractivity contribution is 0.0477. The molecule has 0 atom stereocenters. The molecule has 0 N–H and O–H groups in total. The number of amides is 2. The van der Waals surface area contributed by atoms with Gasteiger partial charge in [-0.15, -0.1) is 11.8 Å². The van der Waals surface area contributed by atoms with Gasteiger partial charge in [0.1, 0.15) is 0 Å². The maximum Gasteiger partial charge on any atom is 0.290 e. The lowest BCUT2D eigenvalue weighted by atomic mass is 10.00. The molecule has 4 rings (SSSR count). The maximum absolute atomic E-state index is 13.0. The van der Waals surface area contributed by atoms with Crippen molar-refractivity contribution in [3.63, 3.8) is 0 Å². The largest absolute Gasteiger partial charge is 0.459 e. The summed E-state index contributed by atoms with van der Waals surface area (Å²) in [5, 5.41) is 0. The molecule has 154 valence electrons. The van der Waals surface area contributed by atoms with E-state index in [-0.39, 0.29) is 16.7 Å². The molecule has 0 bridgehead atoms. The Morgan fingerprint density at radius 2 is 1.83 bits per heavy atom. The van der Waals surface area contributed by atoms with E-state index in [9.17, 15) is 9.59 Å². The summed E-state index contributed by atoms with van der Waals surface area (Å²) in [6.07, 6.45) is 6.54. The van der Waals surface area contributed by atoms with Crippen LogP contribution >= 0.6 is 11.8 Å². The van der Waals surface area contributed by atoms with Crippen LogP contribution in [0.3, 0.4) is 0 Å². The fraction of sp³-hybridized carbons (Fsp3) is 0.478. The van der Waals surface area contributed by atoms with Crippen molar-refractivity contribution in [3.8, 4) is 0 Å². The van der Waals surface area contributed by atoms with Crippen LogP contribution in [0.5, 0.6) is 0 Å². The highest BCUT2D eigenvalue weighted by Crippen LogP contribution is 2.44. The molecule has 0 saturated carbocycles. The third-order valence-electron chi connectivity index (χ3n) is 6.01. The molecule has 29 heavy (non-hydrogen) atoms. The lowest BCUT2D eigenvalue weighted by Gasteiger charge is -2.43. The Hall–Kier alpha value is -2.21. The first-order chi connectivity index (χ1) is 14.1. The first kappa shape index (κ1) is 20.1. The highest BCUT2D eigenvalue weighted by Gasteiger charge is 2.47. The van der Waals surface area contributed by atoms with Gasteiger partial charge < -0.3 is 14.2 Å². The van der Waals surface area contributed by atoms with Gasteiger partial charge in [-0.1, -0.05) is 25.5 Å². The molecule has 0 unspecified atom stereocenters. The summed E-state index contributed by atoms with van der Waals surface area (Å²) < 4.78 is 5.33. The van der Waals surface area contributed by atoms with Gasteiger partial charge in [0.05, 0.1) is 11.1 Å². The molecule has 2 aliphatic rings. The number of furan rings is 1. The number of benzene rings is 1. The monoisotopic (exact) mass is 412 g/mol. The first-order valence-corrected chi connectivity index (χ1v) is 11.5. The van der Waals surface area contributed by atoms with Crippen LogP contribution < -0.4 is 0 Å². The Morgan fingerprint density at radius 1 is 1.07 bits per heavy atom. The molecular formula is C23H28N2O3S. The number of hydrogen-bond acceptors (Lipinski definition) is 4. The predicted octanol–water partition coefficient (Wildman–Crippen LogP) is 4.44. The summed E-state index contributed by atoms with van der Waals surface area (Å²) in [5.41, 5.74) is 2.04. The van der Waals surface area contributed by atoms with Gasteiger partial charge >= 0.3 is 0 Å². The molecule has 1 aromatic carbocycles. The average Bonchev–Trinajstić information content (AvgIpc) is 3.43. The molecular weight excluding hydrogens is 384 g/mol. The highest BCUT2D eigenvalue weighted by molar-refractivity contribution is 8.00. The molecule has 6 heteroatoms. The fourth-order valence-corrected chi connectivity index (χ4v) is 5.73. The van der Waals surface area contributed by atoms with Crippen LogP contribution in [0.4, 0.5) is 0 Å². The van der Waals surface area contributed by atoms with Crippen molar-refractivity contribution in [2.24, 2.45) is 0 Å². The zero-order valence-electron chi connectivity index (χ0n) is 16.9. The van der Waals surface area contributed by atoms with Crippen LogP contribution in [-0.4, -0.2) is 51.9 Å². The number of carbonyl (C=O) groups is 2. The molecule has 0 radical (unpaired) electrons. The van der Waals surface area contributed by atoms with Gasteiger partial charge in [-0.3, -0.25) is 9.59 Å². The third-order valence-corrected chi connectivity index (χ3v) is 7.56. The van der Waals surface area contributed by atoms with Crippen molar-refractivity contribution in [2.45, 2.75) is 43.9 Å². The van der Waals surface area contributed by atoms with Gasteiger partial charge in [-0.25, -0.2) is 0 Å². The predicted molar refractivity (Wildman–Crippen MR) is 115 cm³/mol. The van der Waals surface area contributed by atoms with E-state index in [1.807, 2.05) is 33.7 Å². The zero-order chi connectivity index (χ0) is 20.3. The average molecular weight is 413 g/mol. The second-order valence-electron chi connectivity index (χ2n) is 7.82. The van der Waals surface area contributed by atoms with E-state index in [0.29, 0.717) is 18.8 Å². The summed E-state index contributed by atoms with van der Waals surface area (Å²) in [4.78, 5) is 29.5. The van der Waals surface area contributed by atoms with Gasteiger partial charge in [-0.2, -0.15) is 0 Å². The number of rotatable bonds is 5. The second kappa shape index (κ2) is 8.66. The Bertz CT molecular complexity index is 840. The summed E-state index contributed by atoms with van der Waals surface area (Å²) in [5.74, 6) is 1.38. The van der Waals surface area contributed by atoms with E-state index in [1.54, 1.807) is 12.1 Å². The minimum Gasteiger partial charge on any atom is -0.459 e. The fourth-order valence-electron chi connectivity index (χ4n) is 4.28.